The topological polar surface area (TPSA) is 54.0 Å². The van der Waals surface area contributed by atoms with Crippen molar-refractivity contribution in [3.05, 3.63) is 46.4 Å². The molecule has 2 aromatic rings. The van der Waals surface area contributed by atoms with E-state index in [9.17, 15) is 4.79 Å². The van der Waals surface area contributed by atoms with Crippen LogP contribution in [0.25, 0.3) is 3.58 Å². The van der Waals surface area contributed by atoms with Crippen molar-refractivity contribution in [1.82, 2.24) is 0 Å². The number of carbonyl (C=O) groups excluding carboxylic acids is 1. The first-order valence-corrected chi connectivity index (χ1v) is 11.5. The summed E-state index contributed by atoms with van der Waals surface area (Å²) in [6, 6.07) is 9.36. The third-order valence-electron chi connectivity index (χ3n) is 4.27. The molecule has 7 heteroatoms. The van der Waals surface area contributed by atoms with Gasteiger partial charge in [-0.05, 0) is 86.2 Å². The lowest BCUT2D eigenvalue weighted by Crippen LogP contribution is -2.08. The molecule has 0 saturated carbocycles. The van der Waals surface area contributed by atoms with E-state index in [1.165, 1.54) is 11.8 Å². The van der Waals surface area contributed by atoms with Gasteiger partial charge in [-0.2, -0.15) is 0 Å². The number of ether oxygens (including phenoxy) is 4. The smallest absolute Gasteiger partial charge is 0.202 e. The summed E-state index contributed by atoms with van der Waals surface area (Å²) in [5.41, 5.74) is 1.54. The molecule has 5 nitrogen and oxygen atoms in total. The summed E-state index contributed by atoms with van der Waals surface area (Å²) in [7, 11) is 3.22. The largest absolute Gasteiger partial charge is 0.493 e. The Kier molecular flexibility index (Phi) is 7.23. The van der Waals surface area contributed by atoms with Gasteiger partial charge in [0.2, 0.25) is 5.78 Å². The summed E-state index contributed by atoms with van der Waals surface area (Å²) >= 11 is 3.67. The molecule has 0 atom stereocenters. The number of thioether (sulfide) groups is 1. The number of allylic oxidation sites excluding steroid dienone is 1. The van der Waals surface area contributed by atoms with Gasteiger partial charge < -0.3 is 18.9 Å². The van der Waals surface area contributed by atoms with Crippen molar-refractivity contribution in [1.29, 1.82) is 0 Å². The van der Waals surface area contributed by atoms with Crippen LogP contribution in [0, 0.1) is 0 Å². The van der Waals surface area contributed by atoms with Crippen LogP contribution >= 0.6 is 34.4 Å². The predicted molar refractivity (Wildman–Crippen MR) is 129 cm³/mol. The number of Topliss-reactive ketones (excluding diaryl/α,β-unsaturated/α-hetero) is 1. The Bertz CT molecular complexity index is 997. The molecule has 0 aliphatic carbocycles. The highest BCUT2D eigenvalue weighted by atomic mass is 127. The van der Waals surface area contributed by atoms with E-state index in [-0.39, 0.29) is 18.0 Å². The summed E-state index contributed by atoms with van der Waals surface area (Å²) in [6.07, 6.45) is -0.00650. The monoisotopic (exact) mass is 540 g/mol. The molecule has 3 rings (SSSR count). The van der Waals surface area contributed by atoms with Gasteiger partial charge in [0.05, 0.1) is 31.3 Å². The molecular weight excluding hydrogens is 515 g/mol. The number of hydrogen-bond donors (Lipinski definition) is 0. The van der Waals surface area contributed by atoms with Crippen molar-refractivity contribution in [2.45, 2.75) is 44.8 Å². The fourth-order valence-electron chi connectivity index (χ4n) is 3.02. The van der Waals surface area contributed by atoms with Gasteiger partial charge in [-0.25, -0.2) is 0 Å². The van der Waals surface area contributed by atoms with Crippen LogP contribution in [0.4, 0.5) is 0 Å². The molecule has 1 aliphatic rings. The number of methoxy groups -OCH3 is 2. The molecule has 0 amide bonds. The molecule has 1 heterocycles. The number of ketones is 1. The second-order valence-electron chi connectivity index (χ2n) is 7.27. The van der Waals surface area contributed by atoms with Crippen LogP contribution in [-0.4, -0.2) is 32.2 Å². The van der Waals surface area contributed by atoms with Gasteiger partial charge in [0.15, 0.2) is 23.0 Å². The molecule has 160 valence electrons. The molecule has 0 aromatic heterocycles. The lowest BCUT2D eigenvalue weighted by molar-refractivity contribution is 0.104. The van der Waals surface area contributed by atoms with Crippen molar-refractivity contribution < 1.29 is 23.7 Å². The van der Waals surface area contributed by atoms with E-state index in [1.54, 1.807) is 20.3 Å². The molecule has 0 N–H and O–H groups in total. The van der Waals surface area contributed by atoms with E-state index in [2.05, 4.69) is 22.6 Å². The lowest BCUT2D eigenvalue weighted by atomic mass is 10.1. The number of fused-ring (bicyclic) bond motifs is 1. The Morgan fingerprint density at radius 2 is 1.47 bits per heavy atom. The Labute approximate surface area is 195 Å². The molecule has 0 fully saturated rings. The minimum Gasteiger partial charge on any atom is -0.493 e. The molecule has 30 heavy (non-hydrogen) atoms. The molecule has 2 aromatic carbocycles. The van der Waals surface area contributed by atoms with Crippen molar-refractivity contribution in [3.63, 3.8) is 0 Å². The van der Waals surface area contributed by atoms with Gasteiger partial charge in [-0.15, -0.1) is 0 Å². The number of hydrogen-bond acceptors (Lipinski definition) is 6. The Hall–Kier alpha value is -1.87. The minimum absolute atomic E-state index is 0.0121. The van der Waals surface area contributed by atoms with Crippen molar-refractivity contribution in [3.8, 4) is 23.0 Å². The van der Waals surface area contributed by atoms with Gasteiger partial charge in [-0.3, -0.25) is 4.79 Å². The van der Waals surface area contributed by atoms with Crippen molar-refractivity contribution >= 4 is 43.7 Å². The average Bonchev–Trinajstić information content (AvgIpc) is 3.01. The zero-order valence-electron chi connectivity index (χ0n) is 17.9. The second kappa shape index (κ2) is 9.51. The number of benzene rings is 2. The van der Waals surface area contributed by atoms with E-state index >= 15 is 0 Å². The third kappa shape index (κ3) is 4.72. The van der Waals surface area contributed by atoms with Gasteiger partial charge in [0.25, 0.3) is 0 Å². The van der Waals surface area contributed by atoms with Crippen LogP contribution in [0.1, 0.15) is 43.6 Å². The SMILES string of the molecule is COc1ccc(C(I)=C2Sc3cc(OC)c(OC(C)C)cc3C2=O)cc1OC(C)C. The minimum atomic E-state index is -0.0186. The van der Waals surface area contributed by atoms with Crippen LogP contribution in [0.2, 0.25) is 0 Å². The maximum atomic E-state index is 13.2. The van der Waals surface area contributed by atoms with Crippen molar-refractivity contribution in [2.75, 3.05) is 14.2 Å². The number of halogens is 1. The highest BCUT2D eigenvalue weighted by Gasteiger charge is 2.31. The van der Waals surface area contributed by atoms with E-state index in [0.717, 1.165) is 14.0 Å². The summed E-state index contributed by atoms with van der Waals surface area (Å²) in [5.74, 6) is 2.50. The van der Waals surface area contributed by atoms with Gasteiger partial charge in [0, 0.05) is 14.0 Å². The van der Waals surface area contributed by atoms with Gasteiger partial charge in [-0.1, -0.05) is 11.8 Å². The Morgan fingerprint density at radius 1 is 0.867 bits per heavy atom. The Morgan fingerprint density at radius 3 is 2.03 bits per heavy atom. The first-order chi connectivity index (χ1) is 14.2. The highest BCUT2D eigenvalue weighted by molar-refractivity contribution is 14.1. The summed E-state index contributed by atoms with van der Waals surface area (Å²) in [5, 5.41) is 0. The third-order valence-corrected chi connectivity index (χ3v) is 6.95. The number of carbonyl (C=O) groups is 1. The average molecular weight is 540 g/mol. The van der Waals surface area contributed by atoms with Crippen LogP contribution in [-0.2, 0) is 0 Å². The fourth-order valence-corrected chi connectivity index (χ4v) is 4.99. The Balaban J connectivity index is 2.02. The van der Waals surface area contributed by atoms with E-state index in [1.807, 2.05) is 52.0 Å². The predicted octanol–water partition coefficient (Wildman–Crippen LogP) is 6.37. The fraction of sp³-hybridized carbons (Fsp3) is 0.348. The maximum absolute atomic E-state index is 13.2. The van der Waals surface area contributed by atoms with E-state index < -0.39 is 0 Å². The van der Waals surface area contributed by atoms with E-state index in [4.69, 9.17) is 18.9 Å². The summed E-state index contributed by atoms with van der Waals surface area (Å²) < 4.78 is 23.5. The molecule has 0 bridgehead atoms. The maximum Gasteiger partial charge on any atom is 0.202 e. The van der Waals surface area contributed by atoms with Crippen LogP contribution in [0.5, 0.6) is 23.0 Å². The van der Waals surface area contributed by atoms with Crippen LogP contribution < -0.4 is 18.9 Å². The van der Waals surface area contributed by atoms with E-state index in [0.29, 0.717) is 33.5 Å². The lowest BCUT2D eigenvalue weighted by Gasteiger charge is -2.15. The standard InChI is InChI=1S/C23H25IO5S/c1-12(2)28-18-9-14(7-8-16(18)26-5)21(24)23-22(25)15-10-19(29-13(3)4)17(27-6)11-20(15)30-23/h7-13H,1-6H3. The summed E-state index contributed by atoms with van der Waals surface area (Å²) in [4.78, 5) is 14.7. The van der Waals surface area contributed by atoms with Crippen LogP contribution in [0.3, 0.4) is 0 Å². The second-order valence-corrected chi connectivity index (χ2v) is 9.40. The van der Waals surface area contributed by atoms with Crippen molar-refractivity contribution in [2.24, 2.45) is 0 Å². The van der Waals surface area contributed by atoms with Gasteiger partial charge in [0.1, 0.15) is 0 Å². The normalized spacial score (nSPS) is 14.8. The molecular formula is C23H25IO5S. The molecule has 0 radical (unpaired) electrons. The first-order valence-electron chi connectivity index (χ1n) is 9.61. The first kappa shape index (κ1) is 22.8. The number of rotatable bonds is 7. The summed E-state index contributed by atoms with van der Waals surface area (Å²) in [6.45, 7) is 7.81. The van der Waals surface area contributed by atoms with Gasteiger partial charge >= 0.3 is 0 Å². The quantitative estimate of drug-likeness (QED) is 0.301. The molecule has 0 saturated heterocycles. The zero-order chi connectivity index (χ0) is 22.0. The van der Waals surface area contributed by atoms with Crippen LogP contribution in [0.15, 0.2) is 40.1 Å². The zero-order valence-corrected chi connectivity index (χ0v) is 20.8. The molecule has 1 aliphatic heterocycles. The molecule has 0 unspecified atom stereocenters. The molecule has 0 spiro atoms. The highest BCUT2D eigenvalue weighted by Crippen LogP contribution is 2.49.